The number of nitrogens with one attached hydrogen (secondary N) is 1. The molecule has 0 bridgehead atoms. The summed E-state index contributed by atoms with van der Waals surface area (Å²) in [6.45, 7) is 0. The summed E-state index contributed by atoms with van der Waals surface area (Å²) >= 11 is 5.89. The number of nitrogens with zero attached hydrogens (tertiary/aromatic N) is 3. The van der Waals surface area contributed by atoms with Crippen LogP contribution in [0.3, 0.4) is 0 Å². The number of rotatable bonds is 5. The molecule has 3 aromatic rings. The van der Waals surface area contributed by atoms with E-state index >= 15 is 0 Å². The maximum Gasteiger partial charge on any atom is 0.274 e. The largest absolute Gasteiger partial charge is 0.497 e. The van der Waals surface area contributed by atoms with Gasteiger partial charge in [0, 0.05) is 18.1 Å². The molecule has 3 rings (SSSR count). The summed E-state index contributed by atoms with van der Waals surface area (Å²) < 4.78 is 7.10. The molecular weight excluding hydrogens is 340 g/mol. The summed E-state index contributed by atoms with van der Waals surface area (Å²) in [5.74, 6) is 0.364. The summed E-state index contributed by atoms with van der Waals surface area (Å²) in [6, 6.07) is 14.6. The molecule has 0 saturated heterocycles. The lowest BCUT2D eigenvalue weighted by Crippen LogP contribution is -2.18. The van der Waals surface area contributed by atoms with E-state index in [0.717, 1.165) is 17.1 Å². The van der Waals surface area contributed by atoms with Gasteiger partial charge in [-0.3, -0.25) is 4.79 Å². The Kier molecular flexibility index (Phi) is 5.11. The molecular formula is C18H15ClN4O2. The number of carbonyl (C=O) groups is 1. The van der Waals surface area contributed by atoms with Crippen LogP contribution < -0.4 is 10.2 Å². The Morgan fingerprint density at radius 3 is 2.76 bits per heavy atom. The highest BCUT2D eigenvalue weighted by molar-refractivity contribution is 6.32. The van der Waals surface area contributed by atoms with Gasteiger partial charge >= 0.3 is 0 Å². The maximum atomic E-state index is 12.0. The molecule has 1 aromatic carbocycles. The van der Waals surface area contributed by atoms with Crippen molar-refractivity contribution < 1.29 is 9.53 Å². The molecule has 126 valence electrons. The standard InChI is InChI=1S/C18H15ClN4O2/c1-25-15-8-6-13(7-9-15)23-11-3-4-14(23)12-21-22-18(24)16-5-2-10-20-17(16)19/h2-12H,1H3,(H,22,24). The van der Waals surface area contributed by atoms with Crippen LogP contribution in [-0.2, 0) is 0 Å². The molecule has 0 unspecified atom stereocenters. The Balaban J connectivity index is 1.73. The normalized spacial score (nSPS) is 10.8. The smallest absolute Gasteiger partial charge is 0.274 e. The predicted octanol–water partition coefficient (Wildman–Crippen LogP) is 3.30. The van der Waals surface area contributed by atoms with E-state index in [1.165, 1.54) is 6.20 Å². The van der Waals surface area contributed by atoms with E-state index in [-0.39, 0.29) is 10.7 Å². The highest BCUT2D eigenvalue weighted by Gasteiger charge is 2.09. The Hall–Kier alpha value is -3.12. The van der Waals surface area contributed by atoms with Gasteiger partial charge < -0.3 is 9.30 Å². The monoisotopic (exact) mass is 354 g/mol. The van der Waals surface area contributed by atoms with Gasteiger partial charge in [-0.05, 0) is 48.5 Å². The van der Waals surface area contributed by atoms with E-state index in [1.54, 1.807) is 25.5 Å². The second-order valence-corrected chi connectivity index (χ2v) is 5.40. The van der Waals surface area contributed by atoms with Gasteiger partial charge in [0.05, 0.1) is 24.6 Å². The van der Waals surface area contributed by atoms with Crippen LogP contribution in [0.25, 0.3) is 5.69 Å². The first-order chi connectivity index (χ1) is 12.2. The zero-order valence-corrected chi connectivity index (χ0v) is 14.1. The molecule has 0 aliphatic carbocycles. The van der Waals surface area contributed by atoms with Crippen molar-refractivity contribution in [3.05, 3.63) is 77.3 Å². The zero-order chi connectivity index (χ0) is 17.6. The van der Waals surface area contributed by atoms with E-state index in [9.17, 15) is 4.79 Å². The first kappa shape index (κ1) is 16.7. The minimum Gasteiger partial charge on any atom is -0.497 e. The number of pyridine rings is 1. The number of ether oxygens (including phenoxy) is 1. The molecule has 0 fully saturated rings. The van der Waals surface area contributed by atoms with Crippen LogP contribution in [0.4, 0.5) is 0 Å². The molecule has 0 saturated carbocycles. The van der Waals surface area contributed by atoms with Crippen molar-refractivity contribution >= 4 is 23.7 Å². The van der Waals surface area contributed by atoms with Crippen molar-refractivity contribution in [2.45, 2.75) is 0 Å². The zero-order valence-electron chi connectivity index (χ0n) is 13.4. The third-order valence-corrected chi connectivity index (χ3v) is 3.80. The lowest BCUT2D eigenvalue weighted by molar-refractivity contribution is 0.0955. The summed E-state index contributed by atoms with van der Waals surface area (Å²) in [5, 5.41) is 4.13. The van der Waals surface area contributed by atoms with Gasteiger partial charge in [0.2, 0.25) is 0 Å². The summed E-state index contributed by atoms with van der Waals surface area (Å²) in [4.78, 5) is 15.9. The highest BCUT2D eigenvalue weighted by Crippen LogP contribution is 2.16. The molecule has 25 heavy (non-hydrogen) atoms. The first-order valence-corrected chi connectivity index (χ1v) is 7.82. The van der Waals surface area contributed by atoms with Crippen molar-refractivity contribution in [1.29, 1.82) is 0 Å². The number of aromatic nitrogens is 2. The number of hydrogen-bond donors (Lipinski definition) is 1. The molecule has 0 radical (unpaired) electrons. The van der Waals surface area contributed by atoms with E-state index in [2.05, 4.69) is 15.5 Å². The molecule has 0 spiro atoms. The highest BCUT2D eigenvalue weighted by atomic mass is 35.5. The van der Waals surface area contributed by atoms with Gasteiger partial charge in [-0.25, -0.2) is 10.4 Å². The Bertz CT molecular complexity index is 903. The van der Waals surface area contributed by atoms with Crippen LogP contribution >= 0.6 is 11.6 Å². The fraction of sp³-hybridized carbons (Fsp3) is 0.0556. The van der Waals surface area contributed by atoms with Crippen LogP contribution in [0.1, 0.15) is 16.1 Å². The molecule has 2 aromatic heterocycles. The van der Waals surface area contributed by atoms with Crippen molar-refractivity contribution in [1.82, 2.24) is 15.0 Å². The molecule has 7 heteroatoms. The molecule has 0 aliphatic rings. The fourth-order valence-electron chi connectivity index (χ4n) is 2.25. The van der Waals surface area contributed by atoms with Gasteiger partial charge in [0.25, 0.3) is 5.91 Å². The summed E-state index contributed by atoms with van der Waals surface area (Å²) in [5.41, 5.74) is 4.48. The second kappa shape index (κ2) is 7.63. The van der Waals surface area contributed by atoms with Crippen LogP contribution in [0.15, 0.2) is 66.0 Å². The van der Waals surface area contributed by atoms with Gasteiger partial charge in [-0.1, -0.05) is 11.6 Å². The number of halogens is 1. The Morgan fingerprint density at radius 1 is 1.24 bits per heavy atom. The van der Waals surface area contributed by atoms with Crippen molar-refractivity contribution in [2.24, 2.45) is 5.10 Å². The van der Waals surface area contributed by atoms with E-state index in [0.29, 0.717) is 0 Å². The number of amides is 1. The third kappa shape index (κ3) is 3.87. The first-order valence-electron chi connectivity index (χ1n) is 7.45. The third-order valence-electron chi connectivity index (χ3n) is 3.50. The van der Waals surface area contributed by atoms with E-state index in [1.807, 2.05) is 47.2 Å². The van der Waals surface area contributed by atoms with Gasteiger partial charge in [-0.15, -0.1) is 0 Å². The molecule has 1 amide bonds. The van der Waals surface area contributed by atoms with Crippen molar-refractivity contribution in [3.63, 3.8) is 0 Å². The SMILES string of the molecule is COc1ccc(-n2cccc2C=NNC(=O)c2cccnc2Cl)cc1. The minimum atomic E-state index is -0.420. The molecule has 0 aliphatic heterocycles. The lowest BCUT2D eigenvalue weighted by Gasteiger charge is -2.07. The average molecular weight is 355 g/mol. The van der Waals surface area contributed by atoms with Crippen LogP contribution in [0.5, 0.6) is 5.75 Å². The van der Waals surface area contributed by atoms with Crippen LogP contribution in [0.2, 0.25) is 5.15 Å². The predicted molar refractivity (Wildman–Crippen MR) is 96.6 cm³/mol. The minimum absolute atomic E-state index is 0.136. The van der Waals surface area contributed by atoms with Gasteiger partial charge in [0.1, 0.15) is 10.9 Å². The number of methoxy groups -OCH3 is 1. The number of carbonyl (C=O) groups excluding carboxylic acids is 1. The number of hydrogen-bond acceptors (Lipinski definition) is 4. The summed E-state index contributed by atoms with van der Waals surface area (Å²) in [6.07, 6.45) is 4.99. The van der Waals surface area contributed by atoms with Crippen molar-refractivity contribution in [2.75, 3.05) is 7.11 Å². The topological polar surface area (TPSA) is 68.5 Å². The maximum absolute atomic E-state index is 12.0. The Labute approximate surface area is 149 Å². The molecule has 2 heterocycles. The molecule has 6 nitrogen and oxygen atoms in total. The van der Waals surface area contributed by atoms with Crippen molar-refractivity contribution in [3.8, 4) is 11.4 Å². The average Bonchev–Trinajstić information content (AvgIpc) is 3.10. The van der Waals surface area contributed by atoms with E-state index < -0.39 is 5.91 Å². The van der Waals surface area contributed by atoms with Crippen LogP contribution in [0, 0.1) is 0 Å². The quantitative estimate of drug-likeness (QED) is 0.434. The second-order valence-electron chi connectivity index (χ2n) is 5.04. The lowest BCUT2D eigenvalue weighted by atomic mass is 10.3. The van der Waals surface area contributed by atoms with Gasteiger partial charge in [0.15, 0.2) is 0 Å². The fourth-order valence-corrected chi connectivity index (χ4v) is 2.46. The van der Waals surface area contributed by atoms with E-state index in [4.69, 9.17) is 16.3 Å². The number of hydrazone groups is 1. The van der Waals surface area contributed by atoms with Crippen LogP contribution in [-0.4, -0.2) is 28.8 Å². The number of benzene rings is 1. The summed E-state index contributed by atoms with van der Waals surface area (Å²) in [7, 11) is 1.62. The molecule has 1 N–H and O–H groups in total. The Morgan fingerprint density at radius 2 is 2.04 bits per heavy atom. The van der Waals surface area contributed by atoms with Gasteiger partial charge in [-0.2, -0.15) is 5.10 Å². The molecule has 0 atom stereocenters.